The number of fused-ring (bicyclic) bond motifs is 2. The summed E-state index contributed by atoms with van der Waals surface area (Å²) < 4.78 is 6.96. The monoisotopic (exact) mass is 481 g/mol. The zero-order chi connectivity index (χ0) is 24.7. The molecular formula is C26H35N5O4. The molecule has 1 N–H and O–H groups in total. The van der Waals surface area contributed by atoms with Crippen LogP contribution in [0.2, 0.25) is 0 Å². The summed E-state index contributed by atoms with van der Waals surface area (Å²) in [6.07, 6.45) is 5.49. The molecule has 35 heavy (non-hydrogen) atoms. The summed E-state index contributed by atoms with van der Waals surface area (Å²) in [7, 11) is 2.18. The van der Waals surface area contributed by atoms with E-state index in [0.29, 0.717) is 25.2 Å². The maximum absolute atomic E-state index is 12.8. The van der Waals surface area contributed by atoms with Crippen LogP contribution >= 0.6 is 0 Å². The number of anilines is 1. The van der Waals surface area contributed by atoms with Crippen LogP contribution in [-0.2, 0) is 11.3 Å². The van der Waals surface area contributed by atoms with Gasteiger partial charge in [0.05, 0.1) is 25.3 Å². The highest BCUT2D eigenvalue weighted by Crippen LogP contribution is 2.38. The Kier molecular flexibility index (Phi) is 6.31. The van der Waals surface area contributed by atoms with Crippen molar-refractivity contribution in [3.8, 4) is 0 Å². The molecule has 5 rings (SSSR count). The molecule has 0 radical (unpaired) electrons. The molecule has 1 aromatic carbocycles. The molecular weight excluding hydrogens is 446 g/mol. The number of aromatic carboxylic acids is 1. The zero-order valence-electron chi connectivity index (χ0n) is 20.8. The highest BCUT2D eigenvalue weighted by molar-refractivity contribution is 5.86. The zero-order valence-corrected chi connectivity index (χ0v) is 20.8. The van der Waals surface area contributed by atoms with Crippen molar-refractivity contribution in [3.05, 3.63) is 47.3 Å². The van der Waals surface area contributed by atoms with Crippen molar-refractivity contribution in [3.63, 3.8) is 0 Å². The Labute approximate surface area is 206 Å². The number of hydrogen-bond donors (Lipinski definition) is 1. The summed E-state index contributed by atoms with van der Waals surface area (Å²) in [6, 6.07) is 8.82. The van der Waals surface area contributed by atoms with Crippen LogP contribution in [0.3, 0.4) is 0 Å². The fraction of sp³-hybridized carbons (Fsp3) is 0.577. The highest BCUT2D eigenvalue weighted by Gasteiger charge is 2.40. The first kappa shape index (κ1) is 23.8. The lowest BCUT2D eigenvalue weighted by atomic mass is 9.87. The second kappa shape index (κ2) is 9.28. The first-order valence-electron chi connectivity index (χ1n) is 12.5. The van der Waals surface area contributed by atoms with E-state index < -0.39 is 5.97 Å². The van der Waals surface area contributed by atoms with E-state index in [2.05, 4.69) is 54.0 Å². The number of hydrogen-bond acceptors (Lipinski definition) is 6. The number of ether oxygens (including phenoxy) is 1. The summed E-state index contributed by atoms with van der Waals surface area (Å²) in [6.45, 7) is 8.12. The number of benzene rings is 1. The van der Waals surface area contributed by atoms with Crippen molar-refractivity contribution in [1.29, 1.82) is 0 Å². The van der Waals surface area contributed by atoms with Crippen molar-refractivity contribution >= 4 is 17.7 Å². The summed E-state index contributed by atoms with van der Waals surface area (Å²) in [5.41, 5.74) is 3.80. The van der Waals surface area contributed by atoms with Gasteiger partial charge in [-0.15, -0.1) is 0 Å². The van der Waals surface area contributed by atoms with Gasteiger partial charge in [0.2, 0.25) is 0 Å². The van der Waals surface area contributed by atoms with E-state index in [-0.39, 0.29) is 17.3 Å². The molecule has 2 unspecified atom stereocenters. The Hall–Kier alpha value is -2.91. The van der Waals surface area contributed by atoms with E-state index >= 15 is 0 Å². The van der Waals surface area contributed by atoms with Gasteiger partial charge in [0.15, 0.2) is 5.69 Å². The van der Waals surface area contributed by atoms with Crippen LogP contribution in [0.5, 0.6) is 0 Å². The Morgan fingerprint density at radius 3 is 2.49 bits per heavy atom. The van der Waals surface area contributed by atoms with Crippen LogP contribution in [0.15, 0.2) is 30.5 Å². The predicted octanol–water partition coefficient (Wildman–Crippen LogP) is 3.21. The molecule has 0 saturated carbocycles. The molecule has 2 atom stereocenters. The Bertz CT molecular complexity index is 1090. The first-order valence-corrected chi connectivity index (χ1v) is 12.5. The lowest BCUT2D eigenvalue weighted by Gasteiger charge is -2.46. The number of carbonyl (C=O) groups is 2. The van der Waals surface area contributed by atoms with Crippen LogP contribution in [0.1, 0.15) is 54.2 Å². The van der Waals surface area contributed by atoms with Crippen molar-refractivity contribution in [2.24, 2.45) is 0 Å². The van der Waals surface area contributed by atoms with Gasteiger partial charge in [-0.05, 0) is 69.8 Å². The van der Waals surface area contributed by atoms with Gasteiger partial charge < -0.3 is 19.6 Å². The molecule has 0 spiro atoms. The minimum Gasteiger partial charge on any atom is -0.476 e. The second-order valence-electron chi connectivity index (χ2n) is 10.5. The maximum atomic E-state index is 12.8. The van der Waals surface area contributed by atoms with E-state index in [1.54, 1.807) is 4.90 Å². The smallest absolute Gasteiger partial charge is 0.356 e. The summed E-state index contributed by atoms with van der Waals surface area (Å²) in [4.78, 5) is 30.7. The van der Waals surface area contributed by atoms with Gasteiger partial charge in [-0.3, -0.25) is 4.90 Å². The normalized spacial score (nSPS) is 23.7. The lowest BCUT2D eigenvalue weighted by Crippen LogP contribution is -2.53. The SMILES string of the molecule is Cc1ccc(CN(C)C2(C)CCN(C(=O)n3ccc(C(=O)O)n3)CC2)c(N2C3CCC2COC3)c1. The van der Waals surface area contributed by atoms with Crippen molar-refractivity contribution in [2.45, 2.75) is 63.7 Å². The fourth-order valence-electron chi connectivity index (χ4n) is 5.77. The van der Waals surface area contributed by atoms with Gasteiger partial charge in [0.1, 0.15) is 0 Å². The number of aryl methyl sites for hydroxylation is 1. The van der Waals surface area contributed by atoms with Crippen LogP contribution in [0.25, 0.3) is 0 Å². The predicted molar refractivity (Wildman–Crippen MR) is 132 cm³/mol. The average Bonchev–Trinajstić information content (AvgIpc) is 3.43. The van der Waals surface area contributed by atoms with E-state index in [9.17, 15) is 9.59 Å². The molecule has 2 aromatic rings. The van der Waals surface area contributed by atoms with Crippen LogP contribution in [0, 0.1) is 6.92 Å². The van der Waals surface area contributed by atoms with Crippen molar-refractivity contribution in [1.82, 2.24) is 19.6 Å². The molecule has 4 heterocycles. The number of carboxylic acid groups (broad SMARTS) is 1. The third kappa shape index (κ3) is 4.54. The molecule has 9 nitrogen and oxygen atoms in total. The molecule has 3 aliphatic heterocycles. The molecule has 188 valence electrons. The largest absolute Gasteiger partial charge is 0.476 e. The quantitative estimate of drug-likeness (QED) is 0.701. The number of rotatable bonds is 5. The minimum absolute atomic E-state index is 0.0424. The van der Waals surface area contributed by atoms with Crippen LogP contribution in [-0.4, -0.2) is 87.7 Å². The number of piperidine rings is 1. The molecule has 1 aromatic heterocycles. The number of aromatic nitrogens is 2. The van der Waals surface area contributed by atoms with E-state index in [1.165, 1.54) is 41.9 Å². The summed E-state index contributed by atoms with van der Waals surface area (Å²) >= 11 is 0. The van der Waals surface area contributed by atoms with Gasteiger partial charge in [0.25, 0.3) is 0 Å². The Morgan fingerprint density at radius 1 is 1.17 bits per heavy atom. The molecule has 3 fully saturated rings. The van der Waals surface area contributed by atoms with E-state index in [0.717, 1.165) is 37.3 Å². The van der Waals surface area contributed by atoms with Gasteiger partial charge in [-0.25, -0.2) is 9.59 Å². The first-order chi connectivity index (χ1) is 16.7. The lowest BCUT2D eigenvalue weighted by molar-refractivity contribution is 0.0582. The van der Waals surface area contributed by atoms with E-state index in [1.807, 2.05) is 0 Å². The second-order valence-corrected chi connectivity index (χ2v) is 10.5. The Balaban J connectivity index is 1.26. The number of likely N-dealkylation sites (tertiary alicyclic amines) is 1. The van der Waals surface area contributed by atoms with Crippen LogP contribution in [0.4, 0.5) is 10.5 Å². The van der Waals surface area contributed by atoms with Crippen molar-refractivity contribution < 1.29 is 19.4 Å². The minimum atomic E-state index is -1.13. The van der Waals surface area contributed by atoms with Gasteiger partial charge in [-0.2, -0.15) is 9.78 Å². The molecule has 0 aliphatic carbocycles. The number of morpholine rings is 1. The third-order valence-corrected chi connectivity index (χ3v) is 8.20. The number of nitrogens with zero attached hydrogens (tertiary/aromatic N) is 5. The number of carboxylic acids is 1. The van der Waals surface area contributed by atoms with Gasteiger partial charge in [0, 0.05) is 37.1 Å². The third-order valence-electron chi connectivity index (χ3n) is 8.20. The standard InChI is InChI=1S/C26H35N5O4/c1-18-4-5-19(23(14-18)31-20-6-7-21(31)17-35-16-20)15-28(3)26(2)9-12-29(13-10-26)25(34)30-11-8-22(27-30)24(32)33/h4-5,8,11,14,20-21H,6-7,9-10,12-13,15-17H2,1-3H3,(H,32,33). The summed E-state index contributed by atoms with van der Waals surface area (Å²) in [5.74, 6) is -1.13. The van der Waals surface area contributed by atoms with E-state index in [4.69, 9.17) is 9.84 Å². The molecule has 9 heteroatoms. The topological polar surface area (TPSA) is 91.1 Å². The summed E-state index contributed by atoms with van der Waals surface area (Å²) in [5, 5.41) is 13.0. The molecule has 3 aliphatic rings. The number of carbonyl (C=O) groups excluding carboxylic acids is 1. The molecule has 3 saturated heterocycles. The maximum Gasteiger partial charge on any atom is 0.356 e. The molecule has 1 amide bonds. The van der Waals surface area contributed by atoms with Crippen LogP contribution < -0.4 is 4.90 Å². The molecule has 2 bridgehead atoms. The van der Waals surface area contributed by atoms with Gasteiger partial charge >= 0.3 is 12.0 Å². The average molecular weight is 482 g/mol. The van der Waals surface area contributed by atoms with Gasteiger partial charge in [-0.1, -0.05) is 12.1 Å². The Morgan fingerprint density at radius 2 is 1.86 bits per heavy atom. The van der Waals surface area contributed by atoms with Crippen molar-refractivity contribution in [2.75, 3.05) is 38.3 Å². The number of amides is 1. The highest BCUT2D eigenvalue weighted by atomic mass is 16.5. The fourth-order valence-corrected chi connectivity index (χ4v) is 5.77.